The molecular formula is C17H18F3N3O2. The molecule has 25 heavy (non-hydrogen) atoms. The quantitative estimate of drug-likeness (QED) is 0.797. The predicted octanol–water partition coefficient (Wildman–Crippen LogP) is 5.19. The summed E-state index contributed by atoms with van der Waals surface area (Å²) in [7, 11) is 0. The molecule has 2 N–H and O–H groups in total. The van der Waals surface area contributed by atoms with E-state index in [2.05, 4.69) is 15.6 Å². The lowest BCUT2D eigenvalue weighted by atomic mass is 10.1. The van der Waals surface area contributed by atoms with Gasteiger partial charge in [0.25, 0.3) is 0 Å². The van der Waals surface area contributed by atoms with Gasteiger partial charge in [-0.3, -0.25) is 5.32 Å². The Morgan fingerprint density at radius 3 is 2.32 bits per heavy atom. The molecule has 5 nitrogen and oxygen atoms in total. The molecule has 0 unspecified atom stereocenters. The number of rotatable bonds is 3. The highest BCUT2D eigenvalue weighted by Gasteiger charge is 2.33. The van der Waals surface area contributed by atoms with Gasteiger partial charge in [0.2, 0.25) is 0 Å². The molecule has 0 spiro atoms. The van der Waals surface area contributed by atoms with E-state index in [9.17, 15) is 18.0 Å². The van der Waals surface area contributed by atoms with Crippen LogP contribution in [-0.4, -0.2) is 16.7 Å². The van der Waals surface area contributed by atoms with Gasteiger partial charge in [0, 0.05) is 0 Å². The fraction of sp³-hybridized carbons (Fsp3) is 0.294. The molecule has 0 radical (unpaired) electrons. The first-order valence-electron chi connectivity index (χ1n) is 7.44. The topological polar surface area (TPSA) is 63.2 Å². The fourth-order valence-corrected chi connectivity index (χ4v) is 1.94. The molecule has 1 aromatic carbocycles. The Bertz CT molecular complexity index is 738. The smallest absolute Gasteiger partial charge is 0.418 e. The number of carbonyl (C=O) groups excluding carboxylic acids is 1. The number of hydrogen-bond acceptors (Lipinski definition) is 4. The fourth-order valence-electron chi connectivity index (χ4n) is 1.94. The minimum atomic E-state index is -4.46. The minimum absolute atomic E-state index is 0.0790. The number of hydrogen-bond donors (Lipinski definition) is 2. The first-order chi connectivity index (χ1) is 11.5. The van der Waals surface area contributed by atoms with E-state index in [1.165, 1.54) is 36.5 Å². The largest absolute Gasteiger partial charge is 0.444 e. The summed E-state index contributed by atoms with van der Waals surface area (Å²) in [5.41, 5.74) is -1.14. The van der Waals surface area contributed by atoms with E-state index in [-0.39, 0.29) is 11.5 Å². The van der Waals surface area contributed by atoms with Crippen LogP contribution in [0.4, 0.5) is 35.2 Å². The van der Waals surface area contributed by atoms with Gasteiger partial charge in [0.1, 0.15) is 11.4 Å². The Kier molecular flexibility index (Phi) is 5.20. The van der Waals surface area contributed by atoms with Crippen LogP contribution >= 0.6 is 0 Å². The van der Waals surface area contributed by atoms with Crippen LogP contribution in [0.5, 0.6) is 0 Å². The number of anilines is 3. The summed E-state index contributed by atoms with van der Waals surface area (Å²) in [6, 6.07) is 8.11. The van der Waals surface area contributed by atoms with E-state index in [0.717, 1.165) is 6.07 Å². The molecule has 1 aromatic heterocycles. The zero-order valence-corrected chi connectivity index (χ0v) is 13.9. The van der Waals surface area contributed by atoms with Crippen molar-refractivity contribution in [3.63, 3.8) is 0 Å². The number of amides is 1. The van der Waals surface area contributed by atoms with Gasteiger partial charge in [0.05, 0.1) is 23.1 Å². The third kappa shape index (κ3) is 5.66. The van der Waals surface area contributed by atoms with Crippen LogP contribution in [0.15, 0.2) is 42.6 Å². The number of ether oxygens (including phenoxy) is 1. The highest BCUT2D eigenvalue weighted by molar-refractivity contribution is 5.83. The zero-order valence-electron chi connectivity index (χ0n) is 13.9. The molecule has 0 fully saturated rings. The lowest BCUT2D eigenvalue weighted by molar-refractivity contribution is -0.136. The van der Waals surface area contributed by atoms with Crippen LogP contribution in [-0.2, 0) is 10.9 Å². The molecule has 2 rings (SSSR count). The number of aromatic nitrogens is 1. The lowest BCUT2D eigenvalue weighted by Gasteiger charge is -2.19. The maximum Gasteiger partial charge on any atom is 0.418 e. The Balaban J connectivity index is 2.08. The monoisotopic (exact) mass is 353 g/mol. The first kappa shape index (κ1) is 18.6. The molecule has 0 aliphatic rings. The number of pyridine rings is 1. The standard InChI is InChI=1S/C17H18F3N3O2/c1-16(2,3)25-15(24)23-14-9-8-11(10-21-14)22-13-7-5-4-6-12(13)17(18,19)20/h4-10,22H,1-3H3,(H,21,23,24). The van der Waals surface area contributed by atoms with Crippen LogP contribution < -0.4 is 10.6 Å². The van der Waals surface area contributed by atoms with E-state index in [1.54, 1.807) is 20.8 Å². The summed E-state index contributed by atoms with van der Waals surface area (Å²) in [6.07, 6.45) is -3.81. The van der Waals surface area contributed by atoms with Gasteiger partial charge in [-0.1, -0.05) is 12.1 Å². The third-order valence-electron chi connectivity index (χ3n) is 2.90. The van der Waals surface area contributed by atoms with Gasteiger partial charge in [0.15, 0.2) is 0 Å². The lowest BCUT2D eigenvalue weighted by Crippen LogP contribution is -2.27. The van der Waals surface area contributed by atoms with Gasteiger partial charge in [-0.15, -0.1) is 0 Å². The molecule has 0 aliphatic heterocycles. The summed E-state index contributed by atoms with van der Waals surface area (Å²) in [5.74, 6) is 0.226. The Morgan fingerprint density at radius 2 is 1.76 bits per heavy atom. The van der Waals surface area contributed by atoms with Crippen LogP contribution in [0.2, 0.25) is 0 Å². The second-order valence-corrected chi connectivity index (χ2v) is 6.23. The van der Waals surface area contributed by atoms with Gasteiger partial charge >= 0.3 is 12.3 Å². The zero-order chi connectivity index (χ0) is 18.7. The van der Waals surface area contributed by atoms with Crippen molar-refractivity contribution in [2.75, 3.05) is 10.6 Å². The molecule has 0 bridgehead atoms. The van der Waals surface area contributed by atoms with Crippen molar-refractivity contribution in [1.82, 2.24) is 4.98 Å². The van der Waals surface area contributed by atoms with Crippen LogP contribution in [0.1, 0.15) is 26.3 Å². The second-order valence-electron chi connectivity index (χ2n) is 6.23. The van der Waals surface area contributed by atoms with Crippen molar-refractivity contribution in [2.24, 2.45) is 0 Å². The number of para-hydroxylation sites is 1. The van der Waals surface area contributed by atoms with Crippen LogP contribution in [0.25, 0.3) is 0 Å². The minimum Gasteiger partial charge on any atom is -0.444 e. The molecule has 2 aromatic rings. The number of halogens is 3. The van der Waals surface area contributed by atoms with Gasteiger partial charge in [-0.2, -0.15) is 13.2 Å². The summed E-state index contributed by atoms with van der Waals surface area (Å²) in [5, 5.41) is 5.12. The van der Waals surface area contributed by atoms with Gasteiger partial charge < -0.3 is 10.1 Å². The number of carbonyl (C=O) groups is 1. The SMILES string of the molecule is CC(C)(C)OC(=O)Nc1ccc(Nc2ccccc2C(F)(F)F)cn1. The summed E-state index contributed by atoms with van der Waals surface area (Å²) in [4.78, 5) is 15.6. The second kappa shape index (κ2) is 7.00. The van der Waals surface area contributed by atoms with Gasteiger partial charge in [-0.25, -0.2) is 9.78 Å². The van der Waals surface area contributed by atoms with Crippen molar-refractivity contribution < 1.29 is 22.7 Å². The van der Waals surface area contributed by atoms with Crippen molar-refractivity contribution in [1.29, 1.82) is 0 Å². The molecule has 0 saturated carbocycles. The number of nitrogens with zero attached hydrogens (tertiary/aromatic N) is 1. The number of alkyl halides is 3. The summed E-state index contributed by atoms with van der Waals surface area (Å²) >= 11 is 0. The maximum absolute atomic E-state index is 13.0. The maximum atomic E-state index is 13.0. The third-order valence-corrected chi connectivity index (χ3v) is 2.90. The van der Waals surface area contributed by atoms with Crippen LogP contribution in [0.3, 0.4) is 0 Å². The Morgan fingerprint density at radius 1 is 1.08 bits per heavy atom. The van der Waals surface area contributed by atoms with E-state index in [0.29, 0.717) is 5.69 Å². The molecule has 8 heteroatoms. The summed E-state index contributed by atoms with van der Waals surface area (Å²) < 4.78 is 44.0. The van der Waals surface area contributed by atoms with Crippen molar-refractivity contribution in [3.05, 3.63) is 48.2 Å². The first-order valence-corrected chi connectivity index (χ1v) is 7.44. The molecular weight excluding hydrogens is 335 g/mol. The average Bonchev–Trinajstić information content (AvgIpc) is 2.47. The Labute approximate surface area is 143 Å². The summed E-state index contributed by atoms with van der Waals surface area (Å²) in [6.45, 7) is 5.18. The molecule has 134 valence electrons. The Hall–Kier alpha value is -2.77. The van der Waals surface area contributed by atoms with Gasteiger partial charge in [-0.05, 0) is 45.0 Å². The van der Waals surface area contributed by atoms with E-state index < -0.39 is 23.4 Å². The number of benzene rings is 1. The van der Waals surface area contributed by atoms with Crippen molar-refractivity contribution in [2.45, 2.75) is 32.5 Å². The molecule has 0 atom stereocenters. The van der Waals surface area contributed by atoms with E-state index >= 15 is 0 Å². The van der Waals surface area contributed by atoms with Crippen molar-refractivity contribution in [3.8, 4) is 0 Å². The molecule has 0 saturated heterocycles. The van der Waals surface area contributed by atoms with Crippen LogP contribution in [0, 0.1) is 0 Å². The molecule has 0 aliphatic carbocycles. The van der Waals surface area contributed by atoms with Crippen molar-refractivity contribution >= 4 is 23.3 Å². The highest BCUT2D eigenvalue weighted by atomic mass is 19.4. The predicted molar refractivity (Wildman–Crippen MR) is 88.8 cm³/mol. The molecule has 1 amide bonds. The number of nitrogens with one attached hydrogen (secondary N) is 2. The molecule has 1 heterocycles. The van der Waals surface area contributed by atoms with E-state index in [1.807, 2.05) is 0 Å². The highest BCUT2D eigenvalue weighted by Crippen LogP contribution is 2.35. The van der Waals surface area contributed by atoms with E-state index in [4.69, 9.17) is 4.74 Å². The average molecular weight is 353 g/mol. The normalized spacial score (nSPS) is 11.8.